The van der Waals surface area contributed by atoms with E-state index < -0.39 is 4.92 Å². The van der Waals surface area contributed by atoms with E-state index in [2.05, 4.69) is 5.10 Å². The smallest absolute Gasteiger partial charge is 0.307 e. The molecule has 0 aromatic carbocycles. The molecule has 0 saturated heterocycles. The van der Waals surface area contributed by atoms with E-state index in [0.29, 0.717) is 0 Å². The molecule has 2 atom stereocenters. The highest BCUT2D eigenvalue weighted by Crippen LogP contribution is 2.28. The van der Waals surface area contributed by atoms with Crippen LogP contribution in [0.1, 0.15) is 25.3 Å². The van der Waals surface area contributed by atoms with Gasteiger partial charge in [0, 0.05) is 6.04 Å². The van der Waals surface area contributed by atoms with Crippen LogP contribution in [-0.4, -0.2) is 20.7 Å². The van der Waals surface area contributed by atoms with Gasteiger partial charge in [0.25, 0.3) is 0 Å². The fraction of sp³-hybridized carbons (Fsp3) is 0.625. The van der Waals surface area contributed by atoms with Gasteiger partial charge in [-0.1, -0.05) is 0 Å². The number of hydrogen-bond donors (Lipinski definition) is 1. The summed E-state index contributed by atoms with van der Waals surface area (Å²) >= 11 is 0. The molecule has 2 N–H and O–H groups in total. The van der Waals surface area contributed by atoms with E-state index in [9.17, 15) is 10.1 Å². The Bertz CT molecular complexity index is 349. The van der Waals surface area contributed by atoms with Crippen molar-refractivity contribution in [1.82, 2.24) is 9.78 Å². The Morgan fingerprint density at radius 2 is 2.43 bits per heavy atom. The van der Waals surface area contributed by atoms with Crippen LogP contribution < -0.4 is 5.73 Å². The van der Waals surface area contributed by atoms with Gasteiger partial charge in [-0.2, -0.15) is 5.10 Å². The monoisotopic (exact) mass is 196 g/mol. The summed E-state index contributed by atoms with van der Waals surface area (Å²) in [6.07, 6.45) is 5.72. The van der Waals surface area contributed by atoms with Crippen molar-refractivity contribution in [3.63, 3.8) is 0 Å². The molecule has 0 amide bonds. The molecule has 0 radical (unpaired) electrons. The van der Waals surface area contributed by atoms with Crippen LogP contribution in [0.3, 0.4) is 0 Å². The van der Waals surface area contributed by atoms with Crippen LogP contribution in [0.2, 0.25) is 0 Å². The van der Waals surface area contributed by atoms with E-state index in [-0.39, 0.29) is 17.8 Å². The molecule has 0 aliphatic heterocycles. The third-order valence-electron chi connectivity index (χ3n) is 2.67. The molecule has 1 aromatic rings. The van der Waals surface area contributed by atoms with E-state index in [1.54, 1.807) is 4.68 Å². The molecule has 76 valence electrons. The molecule has 2 unspecified atom stereocenters. The second-order valence-corrected chi connectivity index (χ2v) is 3.60. The van der Waals surface area contributed by atoms with Crippen LogP contribution in [-0.2, 0) is 0 Å². The Morgan fingerprint density at radius 1 is 1.64 bits per heavy atom. The Balaban J connectivity index is 2.20. The number of nitrogens with two attached hydrogens (primary N) is 1. The van der Waals surface area contributed by atoms with Gasteiger partial charge >= 0.3 is 5.69 Å². The predicted octanol–water partition coefficient (Wildman–Crippen LogP) is 0.844. The van der Waals surface area contributed by atoms with Gasteiger partial charge in [-0.3, -0.25) is 14.8 Å². The van der Waals surface area contributed by atoms with Gasteiger partial charge in [0.15, 0.2) is 0 Å². The standard InChI is InChI=1S/C8H12N4O2/c9-7-2-1-3-8(7)11-5-6(4-10-11)12(13)14/h4-5,7-8H,1-3,9H2. The molecule has 1 aliphatic carbocycles. The van der Waals surface area contributed by atoms with Gasteiger partial charge < -0.3 is 5.73 Å². The summed E-state index contributed by atoms with van der Waals surface area (Å²) < 4.78 is 1.62. The van der Waals surface area contributed by atoms with Gasteiger partial charge in [-0.25, -0.2) is 0 Å². The second kappa shape index (κ2) is 3.38. The van der Waals surface area contributed by atoms with Crippen molar-refractivity contribution in [3.8, 4) is 0 Å². The number of nitrogens with zero attached hydrogens (tertiary/aromatic N) is 3. The van der Waals surface area contributed by atoms with Crippen LogP contribution in [0.5, 0.6) is 0 Å². The van der Waals surface area contributed by atoms with Crippen LogP contribution in [0.15, 0.2) is 12.4 Å². The number of hydrogen-bond acceptors (Lipinski definition) is 4. The van der Waals surface area contributed by atoms with Crippen molar-refractivity contribution in [1.29, 1.82) is 0 Å². The zero-order valence-corrected chi connectivity index (χ0v) is 7.67. The van der Waals surface area contributed by atoms with Crippen molar-refractivity contribution in [2.24, 2.45) is 5.73 Å². The predicted molar refractivity (Wildman–Crippen MR) is 49.7 cm³/mol. The molecule has 6 nitrogen and oxygen atoms in total. The fourth-order valence-electron chi connectivity index (χ4n) is 1.90. The van der Waals surface area contributed by atoms with E-state index in [1.165, 1.54) is 12.4 Å². The molecule has 2 rings (SSSR count). The molecular weight excluding hydrogens is 184 g/mol. The van der Waals surface area contributed by atoms with Crippen molar-refractivity contribution in [3.05, 3.63) is 22.5 Å². The van der Waals surface area contributed by atoms with E-state index >= 15 is 0 Å². The number of nitro groups is 1. The SMILES string of the molecule is NC1CCCC1n1cc([N+](=O)[O-])cn1. The largest absolute Gasteiger partial charge is 0.326 e. The normalized spacial score (nSPS) is 26.6. The first-order valence-corrected chi connectivity index (χ1v) is 4.62. The van der Waals surface area contributed by atoms with Crippen LogP contribution >= 0.6 is 0 Å². The molecule has 0 bridgehead atoms. The summed E-state index contributed by atoms with van der Waals surface area (Å²) in [6, 6.07) is 0.207. The lowest BCUT2D eigenvalue weighted by Crippen LogP contribution is -2.27. The maximum absolute atomic E-state index is 10.4. The van der Waals surface area contributed by atoms with E-state index in [0.717, 1.165) is 19.3 Å². The zero-order valence-electron chi connectivity index (χ0n) is 7.67. The van der Waals surface area contributed by atoms with Gasteiger partial charge in [0.05, 0.1) is 11.0 Å². The quantitative estimate of drug-likeness (QED) is 0.561. The maximum atomic E-state index is 10.4. The van der Waals surface area contributed by atoms with Crippen molar-refractivity contribution < 1.29 is 4.92 Å². The minimum atomic E-state index is -0.441. The Hall–Kier alpha value is -1.43. The molecule has 1 fully saturated rings. The van der Waals surface area contributed by atoms with E-state index in [1.807, 2.05) is 0 Å². The number of rotatable bonds is 2. The third kappa shape index (κ3) is 1.48. The van der Waals surface area contributed by atoms with Gasteiger partial charge in [0.1, 0.15) is 12.4 Å². The van der Waals surface area contributed by atoms with E-state index in [4.69, 9.17) is 5.73 Å². The van der Waals surface area contributed by atoms with Crippen molar-refractivity contribution in [2.75, 3.05) is 0 Å². The average Bonchev–Trinajstić information content (AvgIpc) is 2.71. The summed E-state index contributed by atoms with van der Waals surface area (Å²) in [5, 5.41) is 14.4. The van der Waals surface area contributed by atoms with Crippen molar-refractivity contribution >= 4 is 5.69 Å². The summed E-state index contributed by atoms with van der Waals surface area (Å²) in [4.78, 5) is 9.99. The maximum Gasteiger partial charge on any atom is 0.307 e. The Labute approximate surface area is 80.9 Å². The fourth-order valence-corrected chi connectivity index (χ4v) is 1.90. The molecular formula is C8H12N4O2. The Morgan fingerprint density at radius 3 is 2.93 bits per heavy atom. The molecule has 1 aromatic heterocycles. The lowest BCUT2D eigenvalue weighted by Gasteiger charge is -2.14. The highest BCUT2D eigenvalue weighted by Gasteiger charge is 2.27. The zero-order chi connectivity index (χ0) is 10.1. The van der Waals surface area contributed by atoms with Crippen LogP contribution in [0, 0.1) is 10.1 Å². The highest BCUT2D eigenvalue weighted by molar-refractivity contribution is 5.21. The second-order valence-electron chi connectivity index (χ2n) is 3.60. The molecule has 1 saturated carbocycles. The first-order valence-electron chi connectivity index (χ1n) is 4.62. The molecule has 0 spiro atoms. The average molecular weight is 196 g/mol. The summed E-state index contributed by atoms with van der Waals surface area (Å²) in [5.74, 6) is 0. The third-order valence-corrected chi connectivity index (χ3v) is 2.67. The first-order chi connectivity index (χ1) is 6.68. The van der Waals surface area contributed by atoms with Crippen molar-refractivity contribution in [2.45, 2.75) is 31.3 Å². The number of aromatic nitrogens is 2. The molecule has 14 heavy (non-hydrogen) atoms. The topological polar surface area (TPSA) is 87.0 Å². The summed E-state index contributed by atoms with van der Waals surface area (Å²) in [7, 11) is 0. The Kier molecular flexibility index (Phi) is 2.20. The molecule has 1 aliphatic rings. The first kappa shape index (κ1) is 9.14. The lowest BCUT2D eigenvalue weighted by molar-refractivity contribution is -0.385. The van der Waals surface area contributed by atoms with Gasteiger partial charge in [-0.05, 0) is 19.3 Å². The van der Waals surface area contributed by atoms with Gasteiger partial charge in [0.2, 0.25) is 0 Å². The lowest BCUT2D eigenvalue weighted by atomic mass is 10.2. The summed E-state index contributed by atoms with van der Waals surface area (Å²) in [5.41, 5.74) is 5.90. The molecule has 1 heterocycles. The minimum Gasteiger partial charge on any atom is -0.326 e. The van der Waals surface area contributed by atoms with Gasteiger partial charge in [-0.15, -0.1) is 0 Å². The highest BCUT2D eigenvalue weighted by atomic mass is 16.6. The van der Waals surface area contributed by atoms with Crippen LogP contribution in [0.4, 0.5) is 5.69 Å². The molecule has 6 heteroatoms. The van der Waals surface area contributed by atoms with Crippen LogP contribution in [0.25, 0.3) is 0 Å². The minimum absolute atomic E-state index is 0.0316. The summed E-state index contributed by atoms with van der Waals surface area (Å²) in [6.45, 7) is 0.